The molecule has 3 fully saturated rings. The normalized spacial score (nSPS) is 44.8. The van der Waals surface area contributed by atoms with Crippen molar-refractivity contribution in [2.45, 2.75) is 51.6 Å². The van der Waals surface area contributed by atoms with Gasteiger partial charge in [-0.15, -0.1) is 0 Å². The largest absolute Gasteiger partial charge is 0.381 e. The Hall–Kier alpha value is -0.120. The zero-order valence-corrected chi connectivity index (χ0v) is 11.9. The smallest absolute Gasteiger partial charge is 0.0472 e. The van der Waals surface area contributed by atoms with E-state index in [1.165, 1.54) is 38.8 Å². The minimum Gasteiger partial charge on any atom is -0.381 e. The van der Waals surface area contributed by atoms with Crippen molar-refractivity contribution in [3.63, 3.8) is 0 Å². The van der Waals surface area contributed by atoms with Crippen LogP contribution in [0.4, 0.5) is 0 Å². The van der Waals surface area contributed by atoms with Gasteiger partial charge in [0.15, 0.2) is 0 Å². The van der Waals surface area contributed by atoms with E-state index in [4.69, 9.17) is 10.5 Å². The highest BCUT2D eigenvalue weighted by atomic mass is 16.5. The Morgan fingerprint density at radius 3 is 2.22 bits per heavy atom. The Balaban J connectivity index is 1.72. The minimum atomic E-state index is 0.384. The van der Waals surface area contributed by atoms with Crippen LogP contribution in [-0.2, 0) is 4.74 Å². The van der Waals surface area contributed by atoms with E-state index in [1.54, 1.807) is 0 Å². The molecule has 0 bridgehead atoms. The quantitative estimate of drug-likeness (QED) is 0.774. The van der Waals surface area contributed by atoms with Crippen molar-refractivity contribution in [3.05, 3.63) is 0 Å². The highest BCUT2D eigenvalue weighted by Crippen LogP contribution is 2.51. The molecule has 18 heavy (non-hydrogen) atoms. The molecule has 1 saturated carbocycles. The molecular weight excluding hydrogens is 224 g/mol. The second kappa shape index (κ2) is 4.77. The zero-order chi connectivity index (χ0) is 12.8. The van der Waals surface area contributed by atoms with Crippen LogP contribution in [0.15, 0.2) is 0 Å². The molecule has 2 saturated heterocycles. The molecule has 104 valence electrons. The third kappa shape index (κ3) is 2.00. The van der Waals surface area contributed by atoms with Crippen molar-refractivity contribution in [1.29, 1.82) is 0 Å². The summed E-state index contributed by atoms with van der Waals surface area (Å²) in [6, 6.07) is 1.15. The molecule has 1 spiro atoms. The monoisotopic (exact) mass is 252 g/mol. The van der Waals surface area contributed by atoms with E-state index in [1.807, 2.05) is 0 Å². The molecule has 0 radical (unpaired) electrons. The van der Waals surface area contributed by atoms with Crippen molar-refractivity contribution < 1.29 is 4.74 Å². The van der Waals surface area contributed by atoms with E-state index in [0.717, 1.165) is 31.1 Å². The first-order valence-corrected chi connectivity index (χ1v) is 7.69. The van der Waals surface area contributed by atoms with Gasteiger partial charge in [-0.05, 0) is 37.5 Å². The Morgan fingerprint density at radius 2 is 1.67 bits per heavy atom. The van der Waals surface area contributed by atoms with Gasteiger partial charge in [0, 0.05) is 43.8 Å². The highest BCUT2D eigenvalue weighted by molar-refractivity contribution is 5.11. The summed E-state index contributed by atoms with van der Waals surface area (Å²) in [4.78, 5) is 2.76. The number of likely N-dealkylation sites (tertiary alicyclic amines) is 1. The molecule has 4 unspecified atom stereocenters. The lowest BCUT2D eigenvalue weighted by Gasteiger charge is -2.61. The Kier molecular flexibility index (Phi) is 3.41. The van der Waals surface area contributed by atoms with Crippen LogP contribution >= 0.6 is 0 Å². The van der Waals surface area contributed by atoms with Crippen molar-refractivity contribution in [1.82, 2.24) is 4.90 Å². The van der Waals surface area contributed by atoms with Crippen molar-refractivity contribution in [2.24, 2.45) is 23.0 Å². The third-order valence-electron chi connectivity index (χ3n) is 5.64. The average Bonchev–Trinajstić information content (AvgIpc) is 2.35. The van der Waals surface area contributed by atoms with Crippen molar-refractivity contribution >= 4 is 0 Å². The van der Waals surface area contributed by atoms with Gasteiger partial charge in [0.1, 0.15) is 0 Å². The van der Waals surface area contributed by atoms with Crippen LogP contribution in [-0.4, -0.2) is 43.3 Å². The molecule has 3 heteroatoms. The Bertz CT molecular complexity index is 291. The van der Waals surface area contributed by atoms with Gasteiger partial charge in [-0.25, -0.2) is 0 Å². The number of nitrogens with two attached hydrogens (primary N) is 1. The number of hydrogen-bond donors (Lipinski definition) is 1. The second-order valence-electron chi connectivity index (χ2n) is 7.10. The van der Waals surface area contributed by atoms with Gasteiger partial charge in [-0.3, -0.25) is 4.90 Å². The van der Waals surface area contributed by atoms with Gasteiger partial charge in [-0.1, -0.05) is 13.8 Å². The maximum atomic E-state index is 6.37. The fraction of sp³-hybridized carbons (Fsp3) is 1.00. The van der Waals surface area contributed by atoms with Crippen LogP contribution in [0, 0.1) is 17.3 Å². The van der Waals surface area contributed by atoms with Gasteiger partial charge >= 0.3 is 0 Å². The van der Waals surface area contributed by atoms with Gasteiger partial charge in [-0.2, -0.15) is 0 Å². The molecule has 0 amide bonds. The molecule has 3 nitrogen and oxygen atoms in total. The fourth-order valence-corrected chi connectivity index (χ4v) is 4.73. The van der Waals surface area contributed by atoms with Gasteiger partial charge < -0.3 is 10.5 Å². The van der Waals surface area contributed by atoms with E-state index < -0.39 is 0 Å². The highest BCUT2D eigenvalue weighted by Gasteiger charge is 2.56. The fourth-order valence-electron chi connectivity index (χ4n) is 4.73. The number of nitrogens with zero attached hydrogens (tertiary/aromatic N) is 1. The molecule has 3 aliphatic rings. The number of rotatable bonds is 1. The standard InChI is InChI=1S/C15H28N2O/c1-11-7-12(2)10-17(9-11)14-8-13(16)15(14)3-5-18-6-4-15/h11-14H,3-10,16H2,1-2H3. The van der Waals surface area contributed by atoms with Crippen LogP contribution in [0.5, 0.6) is 0 Å². The molecule has 3 rings (SSSR count). The number of ether oxygens (including phenoxy) is 1. The first-order chi connectivity index (χ1) is 8.62. The SMILES string of the molecule is CC1CC(C)CN(C2CC(N)C23CCOCC3)C1. The second-order valence-corrected chi connectivity index (χ2v) is 7.10. The molecule has 0 aromatic carbocycles. The van der Waals surface area contributed by atoms with E-state index in [0.29, 0.717) is 11.5 Å². The van der Waals surface area contributed by atoms with Crippen molar-refractivity contribution in [3.8, 4) is 0 Å². The predicted octanol–water partition coefficient (Wildman–Crippen LogP) is 1.86. The molecule has 2 N–H and O–H groups in total. The first-order valence-electron chi connectivity index (χ1n) is 7.69. The molecule has 1 aliphatic carbocycles. The molecule has 0 aromatic heterocycles. The van der Waals surface area contributed by atoms with Crippen LogP contribution in [0.1, 0.15) is 39.5 Å². The van der Waals surface area contributed by atoms with Crippen LogP contribution in [0.25, 0.3) is 0 Å². The summed E-state index contributed by atoms with van der Waals surface area (Å²) < 4.78 is 5.55. The molecular formula is C15H28N2O. The lowest BCUT2D eigenvalue weighted by atomic mass is 9.56. The summed E-state index contributed by atoms with van der Waals surface area (Å²) in [6.45, 7) is 9.21. The van der Waals surface area contributed by atoms with E-state index in [2.05, 4.69) is 18.7 Å². The van der Waals surface area contributed by atoms with Crippen LogP contribution in [0.2, 0.25) is 0 Å². The summed E-state index contributed by atoms with van der Waals surface area (Å²) in [5.74, 6) is 1.70. The number of hydrogen-bond acceptors (Lipinski definition) is 3. The minimum absolute atomic E-state index is 0.384. The Labute approximate surface area is 111 Å². The Morgan fingerprint density at radius 1 is 1.06 bits per heavy atom. The van der Waals surface area contributed by atoms with E-state index in [-0.39, 0.29) is 0 Å². The summed E-state index contributed by atoms with van der Waals surface area (Å²) in [5.41, 5.74) is 6.76. The van der Waals surface area contributed by atoms with Gasteiger partial charge in [0.05, 0.1) is 0 Å². The van der Waals surface area contributed by atoms with Gasteiger partial charge in [0.25, 0.3) is 0 Å². The maximum Gasteiger partial charge on any atom is 0.0472 e. The van der Waals surface area contributed by atoms with Crippen molar-refractivity contribution in [2.75, 3.05) is 26.3 Å². The van der Waals surface area contributed by atoms with E-state index in [9.17, 15) is 0 Å². The summed E-state index contributed by atoms with van der Waals surface area (Å²) in [5, 5.41) is 0. The lowest BCUT2D eigenvalue weighted by molar-refractivity contribution is -0.124. The third-order valence-corrected chi connectivity index (χ3v) is 5.64. The molecule has 2 heterocycles. The van der Waals surface area contributed by atoms with Crippen LogP contribution < -0.4 is 5.73 Å². The average molecular weight is 252 g/mol. The number of piperidine rings is 1. The maximum absolute atomic E-state index is 6.37. The summed E-state index contributed by atoms with van der Waals surface area (Å²) in [6.07, 6.45) is 4.96. The summed E-state index contributed by atoms with van der Waals surface area (Å²) in [7, 11) is 0. The lowest BCUT2D eigenvalue weighted by Crippen LogP contribution is -2.69. The summed E-state index contributed by atoms with van der Waals surface area (Å²) >= 11 is 0. The molecule has 0 aromatic rings. The van der Waals surface area contributed by atoms with Crippen LogP contribution in [0.3, 0.4) is 0 Å². The first kappa shape index (κ1) is 12.9. The van der Waals surface area contributed by atoms with E-state index >= 15 is 0 Å². The molecule has 2 aliphatic heterocycles. The zero-order valence-electron chi connectivity index (χ0n) is 11.9. The topological polar surface area (TPSA) is 38.5 Å². The molecule has 4 atom stereocenters. The predicted molar refractivity (Wildman–Crippen MR) is 73.4 cm³/mol. The van der Waals surface area contributed by atoms with Gasteiger partial charge in [0.2, 0.25) is 0 Å².